The van der Waals surface area contributed by atoms with E-state index in [0.717, 1.165) is 41.9 Å². The van der Waals surface area contributed by atoms with E-state index in [2.05, 4.69) is 12.2 Å². The van der Waals surface area contributed by atoms with Crippen molar-refractivity contribution in [1.82, 2.24) is 10.2 Å². The van der Waals surface area contributed by atoms with Gasteiger partial charge >= 0.3 is 0 Å². The molecule has 3 aromatic rings. The Kier molecular flexibility index (Phi) is 7.86. The van der Waals surface area contributed by atoms with Gasteiger partial charge in [-0.25, -0.2) is 0 Å². The summed E-state index contributed by atoms with van der Waals surface area (Å²) in [6.07, 6.45) is 1.02. The fourth-order valence-electron chi connectivity index (χ4n) is 4.34. The Hall–Kier alpha value is -3.31. The summed E-state index contributed by atoms with van der Waals surface area (Å²) in [7, 11) is 0. The average Bonchev–Trinajstić information content (AvgIpc) is 3.29. The fraction of sp³-hybridized carbons (Fsp3) is 0.286. The normalized spacial score (nSPS) is 15.2. The predicted octanol–water partition coefficient (Wildman–Crippen LogP) is 5.00. The molecule has 1 atom stereocenters. The molecule has 0 spiro atoms. The number of carbonyl (C=O) groups excluding carboxylic acids is 2. The van der Waals surface area contributed by atoms with Gasteiger partial charge in [-0.3, -0.25) is 9.59 Å². The lowest BCUT2D eigenvalue weighted by Gasteiger charge is -2.28. The second kappa shape index (κ2) is 11.2. The summed E-state index contributed by atoms with van der Waals surface area (Å²) in [5.74, 6) is 0.412. The van der Waals surface area contributed by atoms with Crippen LogP contribution in [-0.2, 0) is 16.1 Å². The number of anilines is 1. The second-order valence-corrected chi connectivity index (χ2v) is 9.32. The molecule has 1 N–H and O–H groups in total. The minimum absolute atomic E-state index is 0.0508. The zero-order valence-corrected chi connectivity index (χ0v) is 20.2. The van der Waals surface area contributed by atoms with Gasteiger partial charge in [-0.05, 0) is 41.7 Å². The largest absolute Gasteiger partial charge is 0.352 e. The Morgan fingerprint density at radius 2 is 1.76 bits per heavy atom. The highest BCUT2D eigenvalue weighted by atomic mass is 35.5. The van der Waals surface area contributed by atoms with E-state index in [9.17, 15) is 9.59 Å². The monoisotopic (exact) mass is 475 g/mol. The Morgan fingerprint density at radius 3 is 2.50 bits per heavy atom. The van der Waals surface area contributed by atoms with Crippen molar-refractivity contribution >= 4 is 29.1 Å². The molecule has 0 radical (unpaired) electrons. The standard InChI is InChI=1S/C28H30ClN3O2/c1-21-14-15-31(18-21)28(34)20-32(19-27(33)30-17-22-8-7-11-24(29)16-22)26-13-6-5-12-25(26)23-9-3-2-4-10-23/h2-13,16,21H,14-15,17-20H2,1H3,(H,30,33). The Balaban J connectivity index is 1.55. The smallest absolute Gasteiger partial charge is 0.242 e. The van der Waals surface area contributed by atoms with Gasteiger partial charge in [0.2, 0.25) is 11.8 Å². The number of halogens is 1. The quantitative estimate of drug-likeness (QED) is 0.499. The van der Waals surface area contributed by atoms with Crippen LogP contribution in [0.4, 0.5) is 5.69 Å². The first-order valence-electron chi connectivity index (χ1n) is 11.7. The summed E-state index contributed by atoms with van der Waals surface area (Å²) in [6, 6.07) is 25.4. The number of amides is 2. The van der Waals surface area contributed by atoms with Gasteiger partial charge < -0.3 is 15.1 Å². The molecule has 5 nitrogen and oxygen atoms in total. The highest BCUT2D eigenvalue weighted by molar-refractivity contribution is 6.30. The van der Waals surface area contributed by atoms with Crippen LogP contribution in [0.1, 0.15) is 18.9 Å². The van der Waals surface area contributed by atoms with Gasteiger partial charge in [0, 0.05) is 35.9 Å². The Labute approximate surface area is 206 Å². The molecule has 4 rings (SSSR count). The number of carbonyl (C=O) groups is 2. The van der Waals surface area contributed by atoms with E-state index >= 15 is 0 Å². The third kappa shape index (κ3) is 6.17. The molecular formula is C28H30ClN3O2. The maximum Gasteiger partial charge on any atom is 0.242 e. The second-order valence-electron chi connectivity index (χ2n) is 8.88. The maximum atomic E-state index is 13.2. The van der Waals surface area contributed by atoms with Gasteiger partial charge in [0.15, 0.2) is 0 Å². The molecule has 1 aliphatic rings. The van der Waals surface area contributed by atoms with Gasteiger partial charge in [-0.2, -0.15) is 0 Å². The number of nitrogens with zero attached hydrogens (tertiary/aromatic N) is 2. The number of hydrogen-bond donors (Lipinski definition) is 1. The summed E-state index contributed by atoms with van der Waals surface area (Å²) in [6.45, 7) is 4.33. The van der Waals surface area contributed by atoms with Crippen LogP contribution < -0.4 is 10.2 Å². The molecule has 1 fully saturated rings. The zero-order chi connectivity index (χ0) is 23.9. The van der Waals surface area contributed by atoms with Crippen molar-refractivity contribution in [3.05, 3.63) is 89.4 Å². The number of rotatable bonds is 8. The van der Waals surface area contributed by atoms with E-state index in [-0.39, 0.29) is 24.9 Å². The third-order valence-corrected chi connectivity index (χ3v) is 6.38. The van der Waals surface area contributed by atoms with E-state index < -0.39 is 0 Å². The van der Waals surface area contributed by atoms with Crippen molar-refractivity contribution in [2.24, 2.45) is 5.92 Å². The van der Waals surface area contributed by atoms with Crippen molar-refractivity contribution in [1.29, 1.82) is 0 Å². The van der Waals surface area contributed by atoms with Gasteiger partial charge in [-0.15, -0.1) is 0 Å². The first-order chi connectivity index (χ1) is 16.5. The van der Waals surface area contributed by atoms with Crippen LogP contribution in [0.3, 0.4) is 0 Å². The molecule has 1 heterocycles. The molecule has 0 saturated carbocycles. The van der Waals surface area contributed by atoms with Gasteiger partial charge in [0.05, 0.1) is 13.1 Å². The Bertz CT molecular complexity index is 1140. The van der Waals surface area contributed by atoms with Crippen LogP contribution in [0.25, 0.3) is 11.1 Å². The van der Waals surface area contributed by atoms with E-state index in [1.165, 1.54) is 0 Å². The topological polar surface area (TPSA) is 52.7 Å². The summed E-state index contributed by atoms with van der Waals surface area (Å²) < 4.78 is 0. The molecule has 1 unspecified atom stereocenters. The average molecular weight is 476 g/mol. The summed E-state index contributed by atoms with van der Waals surface area (Å²) in [5.41, 5.74) is 3.84. The maximum absolute atomic E-state index is 13.2. The van der Waals surface area contributed by atoms with Crippen molar-refractivity contribution in [3.8, 4) is 11.1 Å². The van der Waals surface area contributed by atoms with E-state index in [4.69, 9.17) is 11.6 Å². The molecule has 0 bridgehead atoms. The van der Waals surface area contributed by atoms with Crippen LogP contribution in [-0.4, -0.2) is 42.9 Å². The third-order valence-electron chi connectivity index (χ3n) is 6.15. The van der Waals surface area contributed by atoms with Crippen molar-refractivity contribution in [2.45, 2.75) is 19.9 Å². The number of hydrogen-bond acceptors (Lipinski definition) is 3. The van der Waals surface area contributed by atoms with Crippen LogP contribution in [0.2, 0.25) is 5.02 Å². The molecule has 6 heteroatoms. The van der Waals surface area contributed by atoms with Crippen molar-refractivity contribution in [2.75, 3.05) is 31.1 Å². The van der Waals surface area contributed by atoms with E-state index in [1.807, 2.05) is 82.6 Å². The molecule has 2 amide bonds. The summed E-state index contributed by atoms with van der Waals surface area (Å²) in [4.78, 5) is 29.9. The van der Waals surface area contributed by atoms with Crippen LogP contribution >= 0.6 is 11.6 Å². The number of nitrogens with one attached hydrogen (secondary N) is 1. The van der Waals surface area contributed by atoms with Gasteiger partial charge in [0.25, 0.3) is 0 Å². The van der Waals surface area contributed by atoms with Crippen LogP contribution in [0.15, 0.2) is 78.9 Å². The first kappa shape index (κ1) is 23.8. The van der Waals surface area contributed by atoms with E-state index in [0.29, 0.717) is 17.5 Å². The number of para-hydroxylation sites is 1. The van der Waals surface area contributed by atoms with Crippen molar-refractivity contribution in [3.63, 3.8) is 0 Å². The SMILES string of the molecule is CC1CCN(C(=O)CN(CC(=O)NCc2cccc(Cl)c2)c2ccccc2-c2ccccc2)C1. The molecule has 0 aromatic heterocycles. The Morgan fingerprint density at radius 1 is 1.00 bits per heavy atom. The van der Waals surface area contributed by atoms with Crippen molar-refractivity contribution < 1.29 is 9.59 Å². The molecule has 34 heavy (non-hydrogen) atoms. The number of benzene rings is 3. The first-order valence-corrected chi connectivity index (χ1v) is 12.1. The van der Waals surface area contributed by atoms with Gasteiger partial charge in [0.1, 0.15) is 0 Å². The summed E-state index contributed by atoms with van der Waals surface area (Å²) >= 11 is 6.07. The number of likely N-dealkylation sites (tertiary alicyclic amines) is 1. The minimum Gasteiger partial charge on any atom is -0.352 e. The van der Waals surface area contributed by atoms with Gasteiger partial charge in [-0.1, -0.05) is 79.2 Å². The lowest BCUT2D eigenvalue weighted by molar-refractivity contribution is -0.128. The molecule has 1 saturated heterocycles. The molecule has 0 aliphatic carbocycles. The lowest BCUT2D eigenvalue weighted by Crippen LogP contribution is -2.44. The molecule has 1 aliphatic heterocycles. The minimum atomic E-state index is -0.148. The highest BCUT2D eigenvalue weighted by Crippen LogP contribution is 2.31. The van der Waals surface area contributed by atoms with Crippen LogP contribution in [0, 0.1) is 5.92 Å². The molecule has 176 valence electrons. The highest BCUT2D eigenvalue weighted by Gasteiger charge is 2.26. The fourth-order valence-corrected chi connectivity index (χ4v) is 4.55. The zero-order valence-electron chi connectivity index (χ0n) is 19.4. The molecular weight excluding hydrogens is 446 g/mol. The van der Waals surface area contributed by atoms with E-state index in [1.54, 1.807) is 6.07 Å². The lowest BCUT2D eigenvalue weighted by atomic mass is 10.0. The summed E-state index contributed by atoms with van der Waals surface area (Å²) in [5, 5.41) is 3.61. The predicted molar refractivity (Wildman–Crippen MR) is 138 cm³/mol. The molecule has 3 aromatic carbocycles. The van der Waals surface area contributed by atoms with Crippen LogP contribution in [0.5, 0.6) is 0 Å².